The average molecular weight is 236 g/mol. The number of alkyl halides is 1. The quantitative estimate of drug-likeness (QED) is 0.739. The van der Waals surface area contributed by atoms with Gasteiger partial charge in [0.2, 0.25) is 0 Å². The first-order valence-electron chi connectivity index (χ1n) is 5.04. The first-order valence-corrected chi connectivity index (χ1v) is 5.48. The zero-order chi connectivity index (χ0) is 11.4. The number of aromatic nitrogens is 1. The van der Waals surface area contributed by atoms with Gasteiger partial charge in [-0.3, -0.25) is 4.98 Å². The topological polar surface area (TPSA) is 12.9 Å². The minimum absolute atomic E-state index is 0.148. The highest BCUT2D eigenvalue weighted by Gasteiger charge is 2.08. The van der Waals surface area contributed by atoms with E-state index < -0.39 is 0 Å². The molecular weight excluding hydrogens is 225 g/mol. The normalized spacial score (nSPS) is 12.4. The van der Waals surface area contributed by atoms with E-state index in [1.54, 1.807) is 18.5 Å². The fourth-order valence-corrected chi connectivity index (χ4v) is 1.88. The molecule has 1 aromatic carbocycles. The van der Waals surface area contributed by atoms with E-state index in [9.17, 15) is 4.39 Å². The summed E-state index contributed by atoms with van der Waals surface area (Å²) in [5.41, 5.74) is 1.90. The first kappa shape index (κ1) is 11.1. The lowest BCUT2D eigenvalue weighted by Crippen LogP contribution is -1.96. The maximum Gasteiger partial charge on any atom is 0.123 e. The Bertz CT molecular complexity index is 458. The zero-order valence-corrected chi connectivity index (χ0v) is 9.36. The Balaban J connectivity index is 2.11. The van der Waals surface area contributed by atoms with Gasteiger partial charge in [0.1, 0.15) is 5.82 Å². The van der Waals surface area contributed by atoms with Gasteiger partial charge in [0.15, 0.2) is 0 Å². The molecule has 1 heterocycles. The maximum atomic E-state index is 13.0. The lowest BCUT2D eigenvalue weighted by molar-refractivity contribution is 0.625. The second kappa shape index (κ2) is 5.08. The van der Waals surface area contributed by atoms with E-state index in [-0.39, 0.29) is 11.2 Å². The fraction of sp³-hybridized carbons (Fsp3) is 0.154. The van der Waals surface area contributed by atoms with Crippen LogP contribution in [-0.4, -0.2) is 4.98 Å². The van der Waals surface area contributed by atoms with Gasteiger partial charge in [-0.2, -0.15) is 0 Å². The molecule has 0 saturated heterocycles. The lowest BCUT2D eigenvalue weighted by Gasteiger charge is -2.09. The third kappa shape index (κ3) is 2.80. The molecule has 1 nitrogen and oxygen atoms in total. The smallest absolute Gasteiger partial charge is 0.123 e. The van der Waals surface area contributed by atoms with Crippen LogP contribution in [0.5, 0.6) is 0 Å². The van der Waals surface area contributed by atoms with Crippen molar-refractivity contribution in [1.82, 2.24) is 4.98 Å². The maximum absolute atomic E-state index is 13.0. The van der Waals surface area contributed by atoms with Gasteiger partial charge in [0.25, 0.3) is 0 Å². The summed E-state index contributed by atoms with van der Waals surface area (Å²) in [4.78, 5) is 3.93. The summed E-state index contributed by atoms with van der Waals surface area (Å²) >= 11 is 6.24. The number of hydrogen-bond acceptors (Lipinski definition) is 1. The molecule has 0 fully saturated rings. The molecule has 0 amide bonds. The van der Waals surface area contributed by atoms with Crippen LogP contribution < -0.4 is 0 Å². The van der Waals surface area contributed by atoms with Crippen molar-refractivity contribution < 1.29 is 4.39 Å². The number of nitrogens with zero attached hydrogens (tertiary/aromatic N) is 1. The molecule has 82 valence electrons. The van der Waals surface area contributed by atoms with Crippen LogP contribution in [0.15, 0.2) is 48.8 Å². The fourth-order valence-electron chi connectivity index (χ4n) is 1.56. The van der Waals surface area contributed by atoms with Crippen LogP contribution in [0.4, 0.5) is 4.39 Å². The van der Waals surface area contributed by atoms with Gasteiger partial charge in [-0.25, -0.2) is 4.39 Å². The van der Waals surface area contributed by atoms with Gasteiger partial charge < -0.3 is 0 Å². The zero-order valence-electron chi connectivity index (χ0n) is 8.61. The average Bonchev–Trinajstić information content (AvgIpc) is 2.30. The summed E-state index contributed by atoms with van der Waals surface area (Å²) in [6.07, 6.45) is 4.02. The van der Waals surface area contributed by atoms with Crippen molar-refractivity contribution in [3.63, 3.8) is 0 Å². The van der Waals surface area contributed by atoms with Crippen molar-refractivity contribution in [2.75, 3.05) is 0 Å². The van der Waals surface area contributed by atoms with Crippen molar-refractivity contribution in [3.8, 4) is 0 Å². The van der Waals surface area contributed by atoms with Crippen LogP contribution in [0, 0.1) is 5.82 Å². The van der Waals surface area contributed by atoms with Gasteiger partial charge in [-0.15, -0.1) is 11.6 Å². The molecule has 0 aliphatic carbocycles. The minimum atomic E-state index is -0.226. The molecule has 0 aliphatic rings. The van der Waals surface area contributed by atoms with Crippen molar-refractivity contribution in [2.45, 2.75) is 11.8 Å². The predicted octanol–water partition coefficient (Wildman–Crippen LogP) is 3.74. The molecule has 16 heavy (non-hydrogen) atoms. The third-order valence-electron chi connectivity index (χ3n) is 2.37. The molecule has 0 bridgehead atoms. The number of pyridine rings is 1. The van der Waals surface area contributed by atoms with Crippen molar-refractivity contribution in [3.05, 3.63) is 65.7 Å². The Kier molecular flexibility index (Phi) is 3.52. The van der Waals surface area contributed by atoms with Crippen LogP contribution >= 0.6 is 11.6 Å². The van der Waals surface area contributed by atoms with Crippen LogP contribution in [0.1, 0.15) is 16.5 Å². The number of rotatable bonds is 3. The lowest BCUT2D eigenvalue weighted by atomic mass is 10.0. The van der Waals surface area contributed by atoms with Crippen molar-refractivity contribution >= 4 is 11.6 Å². The van der Waals surface area contributed by atoms with E-state index in [1.165, 1.54) is 12.1 Å². The summed E-state index contributed by atoms with van der Waals surface area (Å²) in [5, 5.41) is -0.148. The van der Waals surface area contributed by atoms with Gasteiger partial charge >= 0.3 is 0 Å². The summed E-state index contributed by atoms with van der Waals surface area (Å²) < 4.78 is 13.0. The van der Waals surface area contributed by atoms with E-state index in [1.807, 2.05) is 18.2 Å². The van der Waals surface area contributed by atoms with Crippen LogP contribution in [0.3, 0.4) is 0 Å². The van der Waals surface area contributed by atoms with E-state index in [0.717, 1.165) is 11.1 Å². The second-order valence-electron chi connectivity index (χ2n) is 3.58. The van der Waals surface area contributed by atoms with Crippen molar-refractivity contribution in [2.24, 2.45) is 0 Å². The Morgan fingerprint density at radius 1 is 1.19 bits per heavy atom. The first-order chi connectivity index (χ1) is 7.75. The Hall–Kier alpha value is -1.41. The number of benzene rings is 1. The molecule has 0 spiro atoms. The summed E-state index contributed by atoms with van der Waals surface area (Å²) in [7, 11) is 0. The molecule has 3 heteroatoms. The summed E-state index contributed by atoms with van der Waals surface area (Å²) in [6.45, 7) is 0. The molecule has 2 rings (SSSR count). The third-order valence-corrected chi connectivity index (χ3v) is 2.78. The summed E-state index contributed by atoms with van der Waals surface area (Å²) in [5.74, 6) is -0.226. The number of hydrogen-bond donors (Lipinski definition) is 0. The monoisotopic (exact) mass is 235 g/mol. The Labute approximate surface area is 98.9 Å². The SMILES string of the molecule is Fc1cccc(CC(Cl)c2ccncc2)c1. The van der Waals surface area contributed by atoms with Gasteiger partial charge in [-0.1, -0.05) is 12.1 Å². The van der Waals surface area contributed by atoms with Gasteiger partial charge in [-0.05, 0) is 41.8 Å². The molecule has 1 aromatic heterocycles. The highest BCUT2D eigenvalue weighted by Crippen LogP contribution is 2.24. The van der Waals surface area contributed by atoms with E-state index in [0.29, 0.717) is 6.42 Å². The molecular formula is C13H11ClFN. The number of halogens is 2. The minimum Gasteiger partial charge on any atom is -0.265 e. The summed E-state index contributed by atoms with van der Waals surface area (Å²) in [6, 6.07) is 10.3. The van der Waals surface area contributed by atoms with E-state index >= 15 is 0 Å². The molecule has 2 aromatic rings. The van der Waals surface area contributed by atoms with Crippen molar-refractivity contribution in [1.29, 1.82) is 0 Å². The molecule has 1 unspecified atom stereocenters. The Morgan fingerprint density at radius 3 is 2.62 bits per heavy atom. The largest absolute Gasteiger partial charge is 0.265 e. The highest BCUT2D eigenvalue weighted by molar-refractivity contribution is 6.20. The molecule has 1 atom stereocenters. The van der Waals surface area contributed by atoms with Crippen LogP contribution in [0.25, 0.3) is 0 Å². The second-order valence-corrected chi connectivity index (χ2v) is 4.11. The van der Waals surface area contributed by atoms with Crippen LogP contribution in [0.2, 0.25) is 0 Å². The molecule has 0 saturated carbocycles. The molecule has 0 aliphatic heterocycles. The standard InChI is InChI=1S/C13H11ClFN/c14-13(11-4-6-16-7-5-11)9-10-2-1-3-12(15)8-10/h1-8,13H,9H2. The Morgan fingerprint density at radius 2 is 1.94 bits per heavy atom. The predicted molar refractivity (Wildman–Crippen MR) is 62.9 cm³/mol. The van der Waals surface area contributed by atoms with Crippen LogP contribution in [-0.2, 0) is 6.42 Å². The van der Waals surface area contributed by atoms with Gasteiger partial charge in [0, 0.05) is 12.4 Å². The van der Waals surface area contributed by atoms with Gasteiger partial charge in [0.05, 0.1) is 5.38 Å². The van der Waals surface area contributed by atoms with E-state index in [4.69, 9.17) is 11.6 Å². The highest BCUT2D eigenvalue weighted by atomic mass is 35.5. The molecule has 0 N–H and O–H groups in total. The molecule has 0 radical (unpaired) electrons. The van der Waals surface area contributed by atoms with E-state index in [2.05, 4.69) is 4.98 Å².